The van der Waals surface area contributed by atoms with Crippen molar-refractivity contribution in [3.05, 3.63) is 35.8 Å². The number of aromatic nitrogens is 5. The van der Waals surface area contributed by atoms with Crippen LogP contribution >= 0.6 is 0 Å². The van der Waals surface area contributed by atoms with Gasteiger partial charge in [-0.2, -0.15) is 0 Å². The van der Waals surface area contributed by atoms with Crippen molar-refractivity contribution < 1.29 is 4.42 Å². The summed E-state index contributed by atoms with van der Waals surface area (Å²) in [6, 6.07) is 8.17. The summed E-state index contributed by atoms with van der Waals surface area (Å²) in [5, 5.41) is 16.0. The summed E-state index contributed by atoms with van der Waals surface area (Å²) >= 11 is 0. The van der Waals surface area contributed by atoms with Gasteiger partial charge >= 0.3 is 0 Å². The van der Waals surface area contributed by atoms with Gasteiger partial charge in [-0.05, 0) is 60.4 Å². The lowest BCUT2D eigenvalue weighted by atomic mass is 9.91. The molecule has 2 atom stereocenters. The standard InChI is InChI=1S/C15H18N6O/c1-10-7-8-20(12(9-10)13-4-3-11(2)22-13)15-6-5-14-16-18-19-21(14)17-15/h3-6,10,12H,7-9H2,1-2H3/t10-,12+/m1/s1. The second-order valence-corrected chi connectivity index (χ2v) is 6.01. The van der Waals surface area contributed by atoms with Crippen LogP contribution in [0.2, 0.25) is 0 Å². The Kier molecular flexibility index (Phi) is 3.06. The largest absolute Gasteiger partial charge is 0.464 e. The molecule has 0 radical (unpaired) electrons. The first-order chi connectivity index (χ1) is 10.7. The number of anilines is 1. The van der Waals surface area contributed by atoms with Crippen molar-refractivity contribution in [1.82, 2.24) is 25.3 Å². The van der Waals surface area contributed by atoms with Crippen LogP contribution in [-0.4, -0.2) is 31.8 Å². The van der Waals surface area contributed by atoms with E-state index in [0.717, 1.165) is 36.7 Å². The summed E-state index contributed by atoms with van der Waals surface area (Å²) in [6.45, 7) is 5.22. The van der Waals surface area contributed by atoms with Gasteiger partial charge in [0.05, 0.1) is 6.04 Å². The highest BCUT2D eigenvalue weighted by Gasteiger charge is 2.31. The molecule has 0 unspecified atom stereocenters. The van der Waals surface area contributed by atoms with E-state index in [0.29, 0.717) is 11.6 Å². The molecule has 0 aromatic carbocycles. The fourth-order valence-electron chi connectivity index (χ4n) is 3.11. The molecule has 7 nitrogen and oxygen atoms in total. The summed E-state index contributed by atoms with van der Waals surface area (Å²) in [4.78, 5) is 2.29. The molecule has 114 valence electrons. The second kappa shape index (κ2) is 5.08. The zero-order valence-electron chi connectivity index (χ0n) is 12.7. The van der Waals surface area contributed by atoms with E-state index in [-0.39, 0.29) is 6.04 Å². The van der Waals surface area contributed by atoms with E-state index in [4.69, 9.17) is 4.42 Å². The number of rotatable bonds is 2. The van der Waals surface area contributed by atoms with E-state index >= 15 is 0 Å². The van der Waals surface area contributed by atoms with Gasteiger partial charge in [-0.3, -0.25) is 0 Å². The lowest BCUT2D eigenvalue weighted by Gasteiger charge is -2.38. The summed E-state index contributed by atoms with van der Waals surface area (Å²) in [6.07, 6.45) is 2.20. The van der Waals surface area contributed by atoms with Crippen molar-refractivity contribution >= 4 is 11.5 Å². The van der Waals surface area contributed by atoms with Crippen molar-refractivity contribution in [2.24, 2.45) is 5.92 Å². The SMILES string of the molecule is Cc1ccc([C@@H]2C[C@H](C)CCN2c2ccc3nnnn3n2)o1. The van der Waals surface area contributed by atoms with Crippen LogP contribution in [0.15, 0.2) is 28.7 Å². The molecule has 0 N–H and O–H groups in total. The van der Waals surface area contributed by atoms with Crippen molar-refractivity contribution in [2.75, 3.05) is 11.4 Å². The fraction of sp³-hybridized carbons (Fsp3) is 0.467. The molecule has 22 heavy (non-hydrogen) atoms. The number of aryl methyl sites for hydroxylation is 1. The first-order valence-corrected chi connectivity index (χ1v) is 7.59. The number of nitrogens with zero attached hydrogens (tertiary/aromatic N) is 6. The Hall–Kier alpha value is -2.44. The lowest BCUT2D eigenvalue weighted by molar-refractivity contribution is 0.322. The van der Waals surface area contributed by atoms with Crippen LogP contribution in [0.1, 0.15) is 37.3 Å². The maximum absolute atomic E-state index is 5.88. The van der Waals surface area contributed by atoms with Crippen molar-refractivity contribution in [1.29, 1.82) is 0 Å². The van der Waals surface area contributed by atoms with E-state index in [1.54, 1.807) is 0 Å². The minimum atomic E-state index is 0.207. The molecule has 3 aromatic rings. The Morgan fingerprint density at radius 2 is 2.14 bits per heavy atom. The number of piperidine rings is 1. The molecule has 0 spiro atoms. The van der Waals surface area contributed by atoms with E-state index in [9.17, 15) is 0 Å². The van der Waals surface area contributed by atoms with Gasteiger partial charge < -0.3 is 9.32 Å². The number of hydrogen-bond donors (Lipinski definition) is 0. The molecule has 7 heteroatoms. The van der Waals surface area contributed by atoms with Crippen LogP contribution in [0, 0.1) is 12.8 Å². The Bertz CT molecular complexity index is 794. The number of furan rings is 1. The zero-order valence-corrected chi connectivity index (χ0v) is 12.7. The Morgan fingerprint density at radius 3 is 2.95 bits per heavy atom. The van der Waals surface area contributed by atoms with E-state index < -0.39 is 0 Å². The Morgan fingerprint density at radius 1 is 1.23 bits per heavy atom. The second-order valence-electron chi connectivity index (χ2n) is 6.01. The first-order valence-electron chi connectivity index (χ1n) is 7.59. The zero-order chi connectivity index (χ0) is 15.1. The van der Waals surface area contributed by atoms with Gasteiger partial charge in [0.1, 0.15) is 11.5 Å². The van der Waals surface area contributed by atoms with Crippen LogP contribution in [-0.2, 0) is 0 Å². The number of tetrazole rings is 1. The molecular formula is C15H18N6O. The molecule has 3 aromatic heterocycles. The number of fused-ring (bicyclic) bond motifs is 1. The highest BCUT2D eigenvalue weighted by molar-refractivity contribution is 5.46. The van der Waals surface area contributed by atoms with Gasteiger partial charge in [0.15, 0.2) is 11.5 Å². The third-order valence-corrected chi connectivity index (χ3v) is 4.30. The monoisotopic (exact) mass is 298 g/mol. The molecule has 0 saturated carbocycles. The van der Waals surface area contributed by atoms with Crippen LogP contribution in [0.25, 0.3) is 5.65 Å². The number of hydrogen-bond acceptors (Lipinski definition) is 6. The molecule has 1 aliphatic rings. The lowest BCUT2D eigenvalue weighted by Crippen LogP contribution is -2.37. The van der Waals surface area contributed by atoms with Crippen molar-refractivity contribution in [2.45, 2.75) is 32.7 Å². The molecular weight excluding hydrogens is 280 g/mol. The average molecular weight is 298 g/mol. The molecule has 0 amide bonds. The van der Waals surface area contributed by atoms with Crippen LogP contribution < -0.4 is 4.90 Å². The normalized spacial score (nSPS) is 22.4. The summed E-state index contributed by atoms with van der Waals surface area (Å²) in [7, 11) is 0. The molecule has 1 aliphatic heterocycles. The molecule has 0 bridgehead atoms. The molecule has 4 heterocycles. The van der Waals surface area contributed by atoms with Gasteiger partial charge in [0.2, 0.25) is 0 Å². The summed E-state index contributed by atoms with van der Waals surface area (Å²) in [5.74, 6) is 3.49. The van der Waals surface area contributed by atoms with Crippen LogP contribution in [0.5, 0.6) is 0 Å². The average Bonchev–Trinajstić information content (AvgIpc) is 3.15. The predicted molar refractivity (Wildman–Crippen MR) is 80.5 cm³/mol. The predicted octanol–water partition coefficient (Wildman–Crippen LogP) is 2.40. The highest BCUT2D eigenvalue weighted by atomic mass is 16.3. The van der Waals surface area contributed by atoms with Gasteiger partial charge in [0.25, 0.3) is 0 Å². The highest BCUT2D eigenvalue weighted by Crippen LogP contribution is 2.37. The van der Waals surface area contributed by atoms with Gasteiger partial charge in [-0.25, -0.2) is 0 Å². The Labute approximate surface area is 127 Å². The van der Waals surface area contributed by atoms with Gasteiger partial charge in [-0.1, -0.05) is 6.92 Å². The first kappa shape index (κ1) is 13.2. The minimum Gasteiger partial charge on any atom is -0.464 e. The van der Waals surface area contributed by atoms with E-state index in [1.165, 1.54) is 4.63 Å². The summed E-state index contributed by atoms with van der Waals surface area (Å²) < 4.78 is 7.35. The summed E-state index contributed by atoms with van der Waals surface area (Å²) in [5.41, 5.74) is 0.652. The fourth-order valence-corrected chi connectivity index (χ4v) is 3.11. The quantitative estimate of drug-likeness (QED) is 0.723. The Balaban J connectivity index is 1.73. The minimum absolute atomic E-state index is 0.207. The van der Waals surface area contributed by atoms with E-state index in [1.807, 2.05) is 25.1 Å². The van der Waals surface area contributed by atoms with Gasteiger partial charge in [-0.15, -0.1) is 14.8 Å². The van der Waals surface area contributed by atoms with Crippen molar-refractivity contribution in [3.8, 4) is 0 Å². The molecule has 1 saturated heterocycles. The van der Waals surface area contributed by atoms with Crippen LogP contribution in [0.4, 0.5) is 5.82 Å². The maximum atomic E-state index is 5.88. The maximum Gasteiger partial charge on any atom is 0.200 e. The smallest absolute Gasteiger partial charge is 0.200 e. The van der Waals surface area contributed by atoms with E-state index in [2.05, 4.69) is 38.5 Å². The third-order valence-electron chi connectivity index (χ3n) is 4.30. The van der Waals surface area contributed by atoms with Crippen molar-refractivity contribution in [3.63, 3.8) is 0 Å². The van der Waals surface area contributed by atoms with Gasteiger partial charge in [0, 0.05) is 6.54 Å². The topological polar surface area (TPSA) is 72.4 Å². The molecule has 1 fully saturated rings. The molecule has 0 aliphatic carbocycles. The van der Waals surface area contributed by atoms with Crippen LogP contribution in [0.3, 0.4) is 0 Å². The molecule has 4 rings (SSSR count). The third kappa shape index (κ3) is 2.22.